The van der Waals surface area contributed by atoms with Crippen LogP contribution in [0.5, 0.6) is 11.5 Å². The predicted octanol–water partition coefficient (Wildman–Crippen LogP) is 4.49. The van der Waals surface area contributed by atoms with Crippen LogP contribution >= 0.6 is 11.3 Å². The summed E-state index contributed by atoms with van der Waals surface area (Å²) in [5.74, 6) is 0.825. The van der Waals surface area contributed by atoms with Gasteiger partial charge in [0, 0.05) is 18.2 Å². The van der Waals surface area contributed by atoms with Crippen LogP contribution in [0.25, 0.3) is 10.2 Å². The Hall–Kier alpha value is -2.60. The lowest BCUT2D eigenvalue weighted by molar-refractivity contribution is 0.0997. The van der Waals surface area contributed by atoms with Crippen LogP contribution in [0.15, 0.2) is 35.3 Å². The van der Waals surface area contributed by atoms with Gasteiger partial charge in [-0.15, -0.1) is 0 Å². The van der Waals surface area contributed by atoms with Crippen LogP contribution in [0.2, 0.25) is 0 Å². The molecule has 0 atom stereocenters. The first-order valence-corrected chi connectivity index (χ1v) is 9.71. The number of amides is 1. The number of hydrogen-bond acceptors (Lipinski definition) is 4. The van der Waals surface area contributed by atoms with Gasteiger partial charge in [-0.1, -0.05) is 18.3 Å². The van der Waals surface area contributed by atoms with Crippen LogP contribution in [0.4, 0.5) is 0 Å². The summed E-state index contributed by atoms with van der Waals surface area (Å²) in [6.07, 6.45) is 0.965. The van der Waals surface area contributed by atoms with Crippen molar-refractivity contribution in [3.63, 3.8) is 0 Å². The van der Waals surface area contributed by atoms with E-state index in [9.17, 15) is 4.79 Å². The molecule has 0 aliphatic carbocycles. The summed E-state index contributed by atoms with van der Waals surface area (Å²) in [6.45, 7) is 7.14. The van der Waals surface area contributed by atoms with Gasteiger partial charge in [0.15, 0.2) is 4.80 Å². The Bertz CT molecular complexity index is 1040. The molecule has 0 unspecified atom stereocenters. The number of hydrogen-bond donors (Lipinski definition) is 0. The van der Waals surface area contributed by atoms with Crippen LogP contribution < -0.4 is 14.3 Å². The van der Waals surface area contributed by atoms with E-state index in [-0.39, 0.29) is 5.91 Å². The topological polar surface area (TPSA) is 52.8 Å². The Morgan fingerprint density at radius 3 is 2.26 bits per heavy atom. The summed E-state index contributed by atoms with van der Waals surface area (Å²) in [5.41, 5.74) is 4.04. The fourth-order valence-electron chi connectivity index (χ4n) is 2.93. The quantitative estimate of drug-likeness (QED) is 0.651. The number of ether oxygens (including phenoxy) is 2. The molecule has 0 saturated heterocycles. The number of rotatable bonds is 5. The average molecular weight is 385 g/mol. The second-order valence-electron chi connectivity index (χ2n) is 6.46. The number of nitrogens with zero attached hydrogens (tertiary/aromatic N) is 2. The number of methoxy groups -OCH3 is 2. The molecule has 1 amide bonds. The van der Waals surface area contributed by atoms with Crippen LogP contribution in [0, 0.1) is 13.8 Å². The molecular formula is C21H24N2O3S. The molecule has 0 aliphatic heterocycles. The number of aryl methyl sites for hydroxylation is 3. The molecule has 0 aliphatic rings. The summed E-state index contributed by atoms with van der Waals surface area (Å²) in [5, 5.41) is 0. The highest BCUT2D eigenvalue weighted by Crippen LogP contribution is 2.24. The molecule has 1 aromatic heterocycles. The van der Waals surface area contributed by atoms with Crippen molar-refractivity contribution in [2.75, 3.05) is 14.2 Å². The molecule has 0 fully saturated rings. The van der Waals surface area contributed by atoms with Crippen LogP contribution in [0.3, 0.4) is 0 Å². The van der Waals surface area contributed by atoms with Gasteiger partial charge in [-0.25, -0.2) is 0 Å². The standard InChI is InChI=1S/C21H24N2O3S/c1-6-7-23-18-8-13(2)14(3)9-19(18)27-21(23)22-20(24)15-10-16(25-4)12-17(11-15)26-5/h8-12H,6-7H2,1-5H3. The van der Waals surface area contributed by atoms with Crippen molar-refractivity contribution >= 4 is 27.5 Å². The monoisotopic (exact) mass is 384 g/mol. The van der Waals surface area contributed by atoms with E-state index in [4.69, 9.17) is 9.47 Å². The lowest BCUT2D eigenvalue weighted by Gasteiger charge is -2.06. The van der Waals surface area contributed by atoms with Gasteiger partial charge in [0.1, 0.15) is 11.5 Å². The van der Waals surface area contributed by atoms with Crippen molar-refractivity contribution in [2.24, 2.45) is 4.99 Å². The molecule has 0 bridgehead atoms. The van der Waals surface area contributed by atoms with Gasteiger partial charge in [-0.3, -0.25) is 4.79 Å². The van der Waals surface area contributed by atoms with Gasteiger partial charge in [-0.2, -0.15) is 4.99 Å². The fraction of sp³-hybridized carbons (Fsp3) is 0.333. The van der Waals surface area contributed by atoms with Gasteiger partial charge in [-0.05, 0) is 55.7 Å². The summed E-state index contributed by atoms with van der Waals surface area (Å²) in [4.78, 5) is 18.0. The molecule has 142 valence electrons. The van der Waals surface area contributed by atoms with Crippen molar-refractivity contribution < 1.29 is 14.3 Å². The molecule has 3 aromatic rings. The van der Waals surface area contributed by atoms with Gasteiger partial charge < -0.3 is 14.0 Å². The normalized spacial score (nSPS) is 11.8. The number of fused-ring (bicyclic) bond motifs is 1. The first-order valence-electron chi connectivity index (χ1n) is 8.89. The van der Waals surface area contributed by atoms with E-state index in [0.717, 1.165) is 23.2 Å². The molecule has 0 saturated carbocycles. The van der Waals surface area contributed by atoms with E-state index >= 15 is 0 Å². The van der Waals surface area contributed by atoms with E-state index in [1.807, 2.05) is 0 Å². The van der Waals surface area contributed by atoms with Crippen molar-refractivity contribution in [3.05, 3.63) is 51.8 Å². The van der Waals surface area contributed by atoms with Gasteiger partial charge in [0.2, 0.25) is 0 Å². The molecule has 27 heavy (non-hydrogen) atoms. The molecule has 6 heteroatoms. The minimum Gasteiger partial charge on any atom is -0.497 e. The summed E-state index contributed by atoms with van der Waals surface area (Å²) >= 11 is 1.54. The van der Waals surface area contributed by atoms with Gasteiger partial charge in [0.25, 0.3) is 5.91 Å². The minimum absolute atomic E-state index is 0.308. The number of aromatic nitrogens is 1. The molecule has 0 N–H and O–H groups in total. The Balaban J connectivity index is 2.15. The number of thiazole rings is 1. The van der Waals surface area contributed by atoms with E-state index in [2.05, 4.69) is 42.5 Å². The lowest BCUT2D eigenvalue weighted by atomic mass is 10.1. The Morgan fingerprint density at radius 2 is 1.67 bits per heavy atom. The molecule has 0 radical (unpaired) electrons. The maximum Gasteiger partial charge on any atom is 0.279 e. The Morgan fingerprint density at radius 1 is 1.04 bits per heavy atom. The van der Waals surface area contributed by atoms with E-state index in [1.165, 1.54) is 11.1 Å². The second-order valence-corrected chi connectivity index (χ2v) is 7.47. The Kier molecular flexibility index (Phi) is 5.65. The second kappa shape index (κ2) is 7.96. The lowest BCUT2D eigenvalue weighted by Crippen LogP contribution is -2.17. The van der Waals surface area contributed by atoms with Crippen LogP contribution in [-0.2, 0) is 6.54 Å². The zero-order valence-electron chi connectivity index (χ0n) is 16.3. The maximum atomic E-state index is 12.8. The molecule has 3 rings (SSSR count). The fourth-order valence-corrected chi connectivity index (χ4v) is 4.06. The summed E-state index contributed by atoms with van der Waals surface area (Å²) in [6, 6.07) is 9.44. The first kappa shape index (κ1) is 19.2. The highest BCUT2D eigenvalue weighted by Gasteiger charge is 2.12. The third kappa shape index (κ3) is 3.90. The molecule has 0 spiro atoms. The summed E-state index contributed by atoms with van der Waals surface area (Å²) in [7, 11) is 3.12. The van der Waals surface area contributed by atoms with Crippen LogP contribution in [0.1, 0.15) is 34.8 Å². The number of benzene rings is 2. The third-order valence-electron chi connectivity index (χ3n) is 4.54. The molecule has 1 heterocycles. The zero-order chi connectivity index (χ0) is 19.6. The number of carbonyl (C=O) groups excluding carboxylic acids is 1. The smallest absolute Gasteiger partial charge is 0.279 e. The van der Waals surface area contributed by atoms with E-state index in [0.29, 0.717) is 21.9 Å². The minimum atomic E-state index is -0.308. The third-order valence-corrected chi connectivity index (χ3v) is 5.58. The number of carbonyl (C=O) groups is 1. The average Bonchev–Trinajstić information content (AvgIpc) is 2.98. The Labute approximate surface area is 162 Å². The van der Waals surface area contributed by atoms with Crippen LogP contribution in [-0.4, -0.2) is 24.7 Å². The van der Waals surface area contributed by atoms with Crippen molar-refractivity contribution in [3.8, 4) is 11.5 Å². The highest BCUT2D eigenvalue weighted by atomic mass is 32.1. The summed E-state index contributed by atoms with van der Waals surface area (Å²) < 4.78 is 13.8. The van der Waals surface area contributed by atoms with Gasteiger partial charge >= 0.3 is 0 Å². The molecule has 5 nitrogen and oxygen atoms in total. The van der Waals surface area contributed by atoms with Crippen molar-refractivity contribution in [2.45, 2.75) is 33.7 Å². The molecular weight excluding hydrogens is 360 g/mol. The van der Waals surface area contributed by atoms with E-state index < -0.39 is 0 Å². The largest absolute Gasteiger partial charge is 0.497 e. The van der Waals surface area contributed by atoms with Crippen molar-refractivity contribution in [1.29, 1.82) is 0 Å². The molecule has 2 aromatic carbocycles. The highest BCUT2D eigenvalue weighted by molar-refractivity contribution is 7.16. The van der Waals surface area contributed by atoms with E-state index in [1.54, 1.807) is 43.8 Å². The maximum absolute atomic E-state index is 12.8. The predicted molar refractivity (Wildman–Crippen MR) is 109 cm³/mol. The van der Waals surface area contributed by atoms with Gasteiger partial charge in [0.05, 0.1) is 24.4 Å². The van der Waals surface area contributed by atoms with Crippen molar-refractivity contribution in [1.82, 2.24) is 4.57 Å². The zero-order valence-corrected chi connectivity index (χ0v) is 17.1. The SMILES string of the molecule is CCCn1c(=NC(=O)c2cc(OC)cc(OC)c2)sc2cc(C)c(C)cc21. The first-order chi connectivity index (χ1) is 13.0.